The van der Waals surface area contributed by atoms with Gasteiger partial charge in [0.2, 0.25) is 5.91 Å². The Labute approximate surface area is 95.8 Å². The molecule has 1 aromatic rings. The minimum Gasteiger partial charge on any atom is -0.491 e. The van der Waals surface area contributed by atoms with E-state index in [1.165, 1.54) is 0 Å². The summed E-state index contributed by atoms with van der Waals surface area (Å²) >= 11 is 0. The first-order valence-electron chi connectivity index (χ1n) is 5.74. The molecule has 0 bridgehead atoms. The summed E-state index contributed by atoms with van der Waals surface area (Å²) in [6.45, 7) is 2.48. The minimum atomic E-state index is 0.0632. The van der Waals surface area contributed by atoms with Gasteiger partial charge < -0.3 is 10.1 Å². The molecule has 0 spiro atoms. The summed E-state index contributed by atoms with van der Waals surface area (Å²) in [6.07, 6.45) is 2.08. The van der Waals surface area contributed by atoms with Gasteiger partial charge in [-0.05, 0) is 31.9 Å². The van der Waals surface area contributed by atoms with Crippen molar-refractivity contribution in [3.8, 4) is 5.75 Å². The molecule has 1 atom stereocenters. The number of rotatable bonds is 5. The van der Waals surface area contributed by atoms with Crippen LogP contribution in [0, 0.1) is 5.92 Å². The first-order chi connectivity index (χ1) is 7.75. The average Bonchev–Trinajstić information content (AvgIpc) is 3.11. The molecule has 0 aliphatic heterocycles. The third kappa shape index (κ3) is 3.26. The van der Waals surface area contributed by atoms with Gasteiger partial charge in [-0.3, -0.25) is 4.79 Å². The minimum absolute atomic E-state index is 0.0632. The summed E-state index contributed by atoms with van der Waals surface area (Å²) < 4.78 is 5.55. The quantitative estimate of drug-likeness (QED) is 0.822. The Hall–Kier alpha value is -1.51. The Morgan fingerprint density at radius 3 is 2.75 bits per heavy atom. The molecule has 1 fully saturated rings. The van der Waals surface area contributed by atoms with Crippen LogP contribution in [0.25, 0.3) is 0 Å². The molecule has 86 valence electrons. The van der Waals surface area contributed by atoms with Gasteiger partial charge >= 0.3 is 0 Å². The Balaban J connectivity index is 1.71. The maximum absolute atomic E-state index is 11.5. The van der Waals surface area contributed by atoms with Crippen LogP contribution in [0.5, 0.6) is 5.75 Å². The molecule has 16 heavy (non-hydrogen) atoms. The summed E-state index contributed by atoms with van der Waals surface area (Å²) in [7, 11) is 0. The number of benzene rings is 1. The molecular formula is C13H17NO2. The summed E-state index contributed by atoms with van der Waals surface area (Å²) in [5.74, 6) is 1.28. The molecule has 3 nitrogen and oxygen atoms in total. The number of amides is 1. The van der Waals surface area contributed by atoms with E-state index in [0.29, 0.717) is 6.61 Å². The number of carbonyl (C=O) groups is 1. The Morgan fingerprint density at radius 1 is 1.44 bits per heavy atom. The first kappa shape index (κ1) is 11.0. The number of carbonyl (C=O) groups excluding carboxylic acids is 1. The lowest BCUT2D eigenvalue weighted by Gasteiger charge is -2.14. The van der Waals surface area contributed by atoms with Crippen molar-refractivity contribution in [1.82, 2.24) is 5.32 Å². The van der Waals surface area contributed by atoms with Crippen LogP contribution < -0.4 is 10.1 Å². The van der Waals surface area contributed by atoms with E-state index in [-0.39, 0.29) is 17.9 Å². The van der Waals surface area contributed by atoms with Crippen molar-refractivity contribution in [3.63, 3.8) is 0 Å². The van der Waals surface area contributed by atoms with Gasteiger partial charge in [0, 0.05) is 5.92 Å². The lowest BCUT2D eigenvalue weighted by molar-refractivity contribution is -0.123. The van der Waals surface area contributed by atoms with E-state index in [4.69, 9.17) is 4.74 Å². The van der Waals surface area contributed by atoms with Crippen molar-refractivity contribution in [2.45, 2.75) is 25.8 Å². The van der Waals surface area contributed by atoms with Crippen molar-refractivity contribution in [2.24, 2.45) is 5.92 Å². The highest BCUT2D eigenvalue weighted by molar-refractivity contribution is 5.81. The number of hydrogen-bond acceptors (Lipinski definition) is 2. The smallest absolute Gasteiger partial charge is 0.223 e. The summed E-state index contributed by atoms with van der Waals surface area (Å²) in [4.78, 5) is 11.5. The number of hydrogen-bond donors (Lipinski definition) is 1. The fourth-order valence-electron chi connectivity index (χ4n) is 1.49. The molecular weight excluding hydrogens is 202 g/mol. The number of ether oxygens (including phenoxy) is 1. The Morgan fingerprint density at radius 2 is 2.12 bits per heavy atom. The number of nitrogens with one attached hydrogen (secondary N) is 1. The Kier molecular flexibility index (Phi) is 3.44. The SMILES string of the molecule is C[C@H](COc1ccccc1)NC(=O)C1CC1. The van der Waals surface area contributed by atoms with E-state index in [1.54, 1.807) is 0 Å². The van der Waals surface area contributed by atoms with Gasteiger partial charge in [-0.2, -0.15) is 0 Å². The highest BCUT2D eigenvalue weighted by atomic mass is 16.5. The third-order valence-corrected chi connectivity index (χ3v) is 2.58. The molecule has 3 heteroatoms. The van der Waals surface area contributed by atoms with Gasteiger partial charge in [-0.1, -0.05) is 18.2 Å². The van der Waals surface area contributed by atoms with Crippen LogP contribution in [0.4, 0.5) is 0 Å². The summed E-state index contributed by atoms with van der Waals surface area (Å²) in [5, 5.41) is 2.95. The van der Waals surface area contributed by atoms with Gasteiger partial charge in [0.25, 0.3) is 0 Å². The molecule has 1 aliphatic rings. The molecule has 1 saturated carbocycles. The van der Waals surface area contributed by atoms with Crippen LogP contribution in [-0.2, 0) is 4.79 Å². The molecule has 0 saturated heterocycles. The molecule has 1 aliphatic carbocycles. The van der Waals surface area contributed by atoms with Crippen LogP contribution in [-0.4, -0.2) is 18.6 Å². The van der Waals surface area contributed by atoms with Gasteiger partial charge in [-0.15, -0.1) is 0 Å². The summed E-state index contributed by atoms with van der Waals surface area (Å²) in [5.41, 5.74) is 0. The maximum atomic E-state index is 11.5. The van der Waals surface area contributed by atoms with E-state index < -0.39 is 0 Å². The zero-order valence-electron chi connectivity index (χ0n) is 9.48. The molecule has 0 heterocycles. The van der Waals surface area contributed by atoms with Crippen LogP contribution in [0.2, 0.25) is 0 Å². The van der Waals surface area contributed by atoms with Crippen LogP contribution in [0.15, 0.2) is 30.3 Å². The van der Waals surface area contributed by atoms with Crippen LogP contribution >= 0.6 is 0 Å². The van der Waals surface area contributed by atoms with E-state index in [1.807, 2.05) is 37.3 Å². The van der Waals surface area contributed by atoms with Crippen molar-refractivity contribution >= 4 is 5.91 Å². The van der Waals surface area contributed by atoms with E-state index >= 15 is 0 Å². The van der Waals surface area contributed by atoms with Crippen molar-refractivity contribution in [1.29, 1.82) is 0 Å². The van der Waals surface area contributed by atoms with E-state index in [9.17, 15) is 4.79 Å². The fourth-order valence-corrected chi connectivity index (χ4v) is 1.49. The monoisotopic (exact) mass is 219 g/mol. The average molecular weight is 219 g/mol. The molecule has 1 N–H and O–H groups in total. The first-order valence-corrected chi connectivity index (χ1v) is 5.74. The van der Waals surface area contributed by atoms with Crippen molar-refractivity contribution < 1.29 is 9.53 Å². The normalized spacial score (nSPS) is 16.6. The lowest BCUT2D eigenvalue weighted by Crippen LogP contribution is -2.37. The van der Waals surface area contributed by atoms with Gasteiger partial charge in [0.15, 0.2) is 0 Å². The molecule has 0 aromatic heterocycles. The maximum Gasteiger partial charge on any atom is 0.223 e. The summed E-state index contributed by atoms with van der Waals surface area (Å²) in [6, 6.07) is 9.70. The van der Waals surface area contributed by atoms with Crippen LogP contribution in [0.1, 0.15) is 19.8 Å². The van der Waals surface area contributed by atoms with Gasteiger partial charge in [-0.25, -0.2) is 0 Å². The zero-order valence-corrected chi connectivity index (χ0v) is 9.48. The zero-order chi connectivity index (χ0) is 11.4. The predicted octanol–water partition coefficient (Wildman–Crippen LogP) is 1.98. The molecule has 0 unspecified atom stereocenters. The number of para-hydroxylation sites is 1. The van der Waals surface area contributed by atoms with E-state index in [2.05, 4.69) is 5.32 Å². The van der Waals surface area contributed by atoms with E-state index in [0.717, 1.165) is 18.6 Å². The topological polar surface area (TPSA) is 38.3 Å². The molecule has 1 aromatic carbocycles. The Bertz CT molecular complexity index is 346. The van der Waals surface area contributed by atoms with Gasteiger partial charge in [0.1, 0.15) is 12.4 Å². The lowest BCUT2D eigenvalue weighted by atomic mass is 10.3. The van der Waals surface area contributed by atoms with Crippen molar-refractivity contribution in [3.05, 3.63) is 30.3 Å². The third-order valence-electron chi connectivity index (χ3n) is 2.58. The highest BCUT2D eigenvalue weighted by Gasteiger charge is 2.30. The second-order valence-electron chi connectivity index (χ2n) is 4.31. The largest absolute Gasteiger partial charge is 0.491 e. The van der Waals surface area contributed by atoms with Crippen molar-refractivity contribution in [2.75, 3.05) is 6.61 Å². The highest BCUT2D eigenvalue weighted by Crippen LogP contribution is 2.28. The van der Waals surface area contributed by atoms with Gasteiger partial charge in [0.05, 0.1) is 6.04 Å². The van der Waals surface area contributed by atoms with Crippen LogP contribution in [0.3, 0.4) is 0 Å². The predicted molar refractivity (Wildman–Crippen MR) is 62.3 cm³/mol. The standard InChI is InChI=1S/C13H17NO2/c1-10(14-13(15)11-7-8-11)9-16-12-5-3-2-4-6-12/h2-6,10-11H,7-9H2,1H3,(H,14,15)/t10-/m1/s1. The second kappa shape index (κ2) is 5.01. The molecule has 0 radical (unpaired) electrons. The molecule has 1 amide bonds. The fraction of sp³-hybridized carbons (Fsp3) is 0.462. The molecule has 2 rings (SSSR count). The second-order valence-corrected chi connectivity index (χ2v) is 4.31.